The summed E-state index contributed by atoms with van der Waals surface area (Å²) >= 11 is 3.42. The molecule has 0 atom stereocenters. The Balaban J connectivity index is 1.77. The summed E-state index contributed by atoms with van der Waals surface area (Å²) in [6, 6.07) is 10.2. The van der Waals surface area contributed by atoms with Crippen LogP contribution in [0.15, 0.2) is 36.5 Å². The molecule has 0 bridgehead atoms. The normalized spacial score (nSPS) is 11.5. The molecule has 0 saturated heterocycles. The number of fused-ring (bicyclic) bond motifs is 2. The van der Waals surface area contributed by atoms with Gasteiger partial charge in [-0.25, -0.2) is 0 Å². The van der Waals surface area contributed by atoms with Crippen LogP contribution in [0.25, 0.3) is 26.4 Å². The Morgan fingerprint density at radius 2 is 2.09 bits per heavy atom. The second kappa shape index (κ2) is 6.25. The van der Waals surface area contributed by atoms with Crippen LogP contribution in [-0.2, 0) is 5.75 Å². The maximum absolute atomic E-state index is 4.73. The number of aromatic nitrogens is 5. The number of thioether (sulfide) groups is 1. The molecule has 1 aromatic carbocycles. The number of rotatable bonds is 5. The fourth-order valence-electron chi connectivity index (χ4n) is 2.44. The molecular formula is C16H15N5S2. The van der Waals surface area contributed by atoms with E-state index in [-0.39, 0.29) is 0 Å². The third-order valence-electron chi connectivity index (χ3n) is 3.50. The van der Waals surface area contributed by atoms with E-state index < -0.39 is 0 Å². The lowest BCUT2D eigenvalue weighted by Crippen LogP contribution is -1.95. The number of hydrogen-bond acceptors (Lipinski definition) is 6. The zero-order valence-electron chi connectivity index (χ0n) is 12.6. The molecule has 0 aliphatic carbocycles. The minimum atomic E-state index is 0.833. The SMILES string of the molecule is CCCSCc1nnc2sc(-c3cccc4cccnc34)nn12. The van der Waals surface area contributed by atoms with Crippen molar-refractivity contribution in [1.82, 2.24) is 24.8 Å². The first-order chi connectivity index (χ1) is 11.4. The van der Waals surface area contributed by atoms with E-state index in [1.165, 1.54) is 0 Å². The second-order valence-corrected chi connectivity index (χ2v) is 7.21. The highest BCUT2D eigenvalue weighted by atomic mass is 32.2. The van der Waals surface area contributed by atoms with Gasteiger partial charge < -0.3 is 0 Å². The van der Waals surface area contributed by atoms with Crippen molar-refractivity contribution in [1.29, 1.82) is 0 Å². The molecule has 0 unspecified atom stereocenters. The van der Waals surface area contributed by atoms with E-state index in [1.54, 1.807) is 11.3 Å². The Labute approximate surface area is 141 Å². The molecule has 0 amide bonds. The predicted octanol–water partition coefficient (Wildman–Crippen LogP) is 4.04. The van der Waals surface area contributed by atoms with Crippen LogP contribution < -0.4 is 0 Å². The lowest BCUT2D eigenvalue weighted by molar-refractivity contribution is 0.887. The standard InChI is InChI=1S/C16H15N5S2/c1-2-9-22-10-13-18-19-16-21(13)20-15(23-16)12-7-3-5-11-6-4-8-17-14(11)12/h3-8H,2,9-10H2,1H3. The third-order valence-corrected chi connectivity index (χ3v) is 5.59. The van der Waals surface area contributed by atoms with Gasteiger partial charge in [-0.3, -0.25) is 4.98 Å². The third kappa shape index (κ3) is 2.70. The molecule has 0 radical (unpaired) electrons. The Bertz CT molecular complexity index is 954. The maximum Gasteiger partial charge on any atom is 0.235 e. The van der Waals surface area contributed by atoms with Gasteiger partial charge in [0, 0.05) is 17.1 Å². The summed E-state index contributed by atoms with van der Waals surface area (Å²) in [5.74, 6) is 2.87. The lowest BCUT2D eigenvalue weighted by Gasteiger charge is -2.01. The van der Waals surface area contributed by atoms with Gasteiger partial charge in [-0.05, 0) is 24.3 Å². The van der Waals surface area contributed by atoms with Crippen LogP contribution in [0.1, 0.15) is 19.2 Å². The van der Waals surface area contributed by atoms with Gasteiger partial charge in [0.1, 0.15) is 5.01 Å². The first-order valence-electron chi connectivity index (χ1n) is 7.50. The number of pyridine rings is 1. The molecule has 3 heterocycles. The van der Waals surface area contributed by atoms with Crippen molar-refractivity contribution in [2.24, 2.45) is 0 Å². The Hall–Kier alpha value is -1.99. The number of nitrogens with zero attached hydrogens (tertiary/aromatic N) is 5. The van der Waals surface area contributed by atoms with Gasteiger partial charge in [-0.1, -0.05) is 36.5 Å². The van der Waals surface area contributed by atoms with Crippen LogP contribution in [0.2, 0.25) is 0 Å². The highest BCUT2D eigenvalue weighted by molar-refractivity contribution is 7.98. The van der Waals surface area contributed by atoms with Gasteiger partial charge >= 0.3 is 0 Å². The van der Waals surface area contributed by atoms with Gasteiger partial charge in [0.05, 0.1) is 11.3 Å². The summed E-state index contributed by atoms with van der Waals surface area (Å²) in [5, 5.41) is 15.3. The lowest BCUT2D eigenvalue weighted by atomic mass is 10.1. The summed E-state index contributed by atoms with van der Waals surface area (Å²) in [7, 11) is 0. The Morgan fingerprint density at radius 3 is 3.00 bits per heavy atom. The Kier molecular flexibility index (Phi) is 3.97. The molecule has 4 rings (SSSR count). The van der Waals surface area contributed by atoms with Gasteiger partial charge in [0.25, 0.3) is 0 Å². The van der Waals surface area contributed by atoms with E-state index in [0.29, 0.717) is 0 Å². The highest BCUT2D eigenvalue weighted by Gasteiger charge is 2.14. The molecule has 0 spiro atoms. The van der Waals surface area contributed by atoms with Crippen molar-refractivity contribution in [3.05, 3.63) is 42.4 Å². The first kappa shape index (κ1) is 14.6. The number of para-hydroxylation sites is 1. The van der Waals surface area contributed by atoms with E-state index in [2.05, 4.69) is 40.3 Å². The molecule has 7 heteroatoms. The van der Waals surface area contributed by atoms with Crippen molar-refractivity contribution in [2.75, 3.05) is 5.75 Å². The zero-order valence-corrected chi connectivity index (χ0v) is 14.3. The maximum atomic E-state index is 4.73. The van der Waals surface area contributed by atoms with E-state index in [4.69, 9.17) is 5.10 Å². The number of hydrogen-bond donors (Lipinski definition) is 0. The van der Waals surface area contributed by atoms with Crippen molar-refractivity contribution in [3.63, 3.8) is 0 Å². The van der Waals surface area contributed by atoms with Crippen LogP contribution in [0, 0.1) is 0 Å². The molecule has 0 N–H and O–H groups in total. The highest BCUT2D eigenvalue weighted by Crippen LogP contribution is 2.30. The summed E-state index contributed by atoms with van der Waals surface area (Å²) in [6.07, 6.45) is 2.98. The summed E-state index contributed by atoms with van der Waals surface area (Å²) < 4.78 is 1.87. The smallest absolute Gasteiger partial charge is 0.235 e. The quantitative estimate of drug-likeness (QED) is 0.513. The molecule has 116 valence electrons. The molecule has 3 aromatic heterocycles. The predicted molar refractivity (Wildman–Crippen MR) is 95.8 cm³/mol. The van der Waals surface area contributed by atoms with Crippen molar-refractivity contribution < 1.29 is 0 Å². The molecular weight excluding hydrogens is 326 g/mol. The zero-order chi connectivity index (χ0) is 15.6. The van der Waals surface area contributed by atoms with Crippen LogP contribution in [0.5, 0.6) is 0 Å². The van der Waals surface area contributed by atoms with Gasteiger partial charge in [-0.15, -0.1) is 10.2 Å². The van der Waals surface area contributed by atoms with Gasteiger partial charge in [0.15, 0.2) is 5.82 Å². The molecule has 5 nitrogen and oxygen atoms in total. The van der Waals surface area contributed by atoms with E-state index in [9.17, 15) is 0 Å². The largest absolute Gasteiger partial charge is 0.256 e. The summed E-state index contributed by atoms with van der Waals surface area (Å²) in [4.78, 5) is 5.35. The van der Waals surface area contributed by atoms with Crippen LogP contribution in [0.3, 0.4) is 0 Å². The molecule has 0 aliphatic rings. The van der Waals surface area contributed by atoms with E-state index in [0.717, 1.165) is 50.2 Å². The molecule has 0 aliphatic heterocycles. The monoisotopic (exact) mass is 341 g/mol. The summed E-state index contributed by atoms with van der Waals surface area (Å²) in [5.41, 5.74) is 2.02. The topological polar surface area (TPSA) is 56.0 Å². The van der Waals surface area contributed by atoms with Gasteiger partial charge in [0.2, 0.25) is 4.96 Å². The number of benzene rings is 1. The fraction of sp³-hybridized carbons (Fsp3) is 0.250. The molecule has 0 fully saturated rings. The van der Waals surface area contributed by atoms with Crippen LogP contribution >= 0.6 is 23.1 Å². The minimum Gasteiger partial charge on any atom is -0.256 e. The average Bonchev–Trinajstić information content (AvgIpc) is 3.16. The van der Waals surface area contributed by atoms with Crippen molar-refractivity contribution in [2.45, 2.75) is 19.1 Å². The first-order valence-corrected chi connectivity index (χ1v) is 9.47. The minimum absolute atomic E-state index is 0.833. The van der Waals surface area contributed by atoms with Crippen LogP contribution in [0.4, 0.5) is 0 Å². The molecule has 0 saturated carbocycles. The Morgan fingerprint density at radius 1 is 1.17 bits per heavy atom. The van der Waals surface area contributed by atoms with Crippen molar-refractivity contribution in [3.8, 4) is 10.6 Å². The van der Waals surface area contributed by atoms with E-state index in [1.807, 2.05) is 34.6 Å². The van der Waals surface area contributed by atoms with Crippen LogP contribution in [-0.4, -0.2) is 30.5 Å². The van der Waals surface area contributed by atoms with Gasteiger partial charge in [-0.2, -0.15) is 21.4 Å². The summed E-state index contributed by atoms with van der Waals surface area (Å²) in [6.45, 7) is 2.18. The van der Waals surface area contributed by atoms with E-state index >= 15 is 0 Å². The fourth-order valence-corrected chi connectivity index (χ4v) is 4.12. The van der Waals surface area contributed by atoms with Crippen molar-refractivity contribution >= 4 is 39.0 Å². The second-order valence-electron chi connectivity index (χ2n) is 5.15. The molecule has 4 aromatic rings. The molecule has 23 heavy (non-hydrogen) atoms. The average molecular weight is 341 g/mol.